The topological polar surface area (TPSA) is 76.5 Å². The zero-order valence-corrected chi connectivity index (χ0v) is 14.5. The number of nitrogens with zero attached hydrogens (tertiary/aromatic N) is 5. The molecule has 0 spiro atoms. The van der Waals surface area contributed by atoms with Crippen molar-refractivity contribution in [2.24, 2.45) is 0 Å². The van der Waals surface area contributed by atoms with Gasteiger partial charge in [-0.15, -0.1) is 0 Å². The summed E-state index contributed by atoms with van der Waals surface area (Å²) in [5, 5.41) is 8.14. The van der Waals surface area contributed by atoms with E-state index in [9.17, 15) is 4.79 Å². The van der Waals surface area contributed by atoms with Crippen molar-refractivity contribution in [2.45, 2.75) is 45.6 Å². The van der Waals surface area contributed by atoms with E-state index in [1.165, 1.54) is 0 Å². The number of carbonyl (C=O) groups excluding carboxylic acids is 1. The fourth-order valence-electron chi connectivity index (χ4n) is 3.56. The van der Waals surface area contributed by atoms with Crippen LogP contribution in [0.5, 0.6) is 0 Å². The number of piperidine rings is 1. The first-order chi connectivity index (χ1) is 12.1. The van der Waals surface area contributed by atoms with E-state index in [2.05, 4.69) is 10.3 Å². The smallest absolute Gasteiger partial charge is 0.227 e. The van der Waals surface area contributed by atoms with E-state index in [0.717, 1.165) is 54.2 Å². The molecule has 0 saturated carbocycles. The minimum atomic E-state index is 0.0154. The van der Waals surface area contributed by atoms with Crippen molar-refractivity contribution >= 4 is 11.6 Å². The number of aryl methyl sites for hydroxylation is 2. The number of likely N-dealkylation sites (tertiary alicyclic amines) is 1. The van der Waals surface area contributed by atoms with Crippen molar-refractivity contribution in [2.75, 3.05) is 6.54 Å². The zero-order chi connectivity index (χ0) is 17.4. The van der Waals surface area contributed by atoms with Gasteiger partial charge in [0.1, 0.15) is 5.76 Å². The Labute approximate surface area is 145 Å². The maximum Gasteiger partial charge on any atom is 0.227 e. The highest BCUT2D eigenvalue weighted by molar-refractivity contribution is 5.79. The average Bonchev–Trinajstić information content (AvgIpc) is 3.22. The van der Waals surface area contributed by atoms with E-state index in [-0.39, 0.29) is 11.9 Å². The third kappa shape index (κ3) is 2.90. The molecule has 1 saturated heterocycles. The molecular weight excluding hydrogens is 318 g/mol. The van der Waals surface area contributed by atoms with Crippen LogP contribution in [-0.2, 0) is 11.2 Å². The number of fused-ring (bicyclic) bond motifs is 1. The van der Waals surface area contributed by atoms with Gasteiger partial charge in [-0.05, 0) is 39.2 Å². The Bertz CT molecular complexity index is 894. The van der Waals surface area contributed by atoms with Crippen molar-refractivity contribution in [1.82, 2.24) is 24.7 Å². The van der Waals surface area contributed by atoms with Gasteiger partial charge in [0.15, 0.2) is 5.65 Å². The SMILES string of the molecule is Cc1noc(C)c1CC(=O)N1CCCCC1c1ccn2nccc2n1. The van der Waals surface area contributed by atoms with Crippen LogP contribution < -0.4 is 0 Å². The lowest BCUT2D eigenvalue weighted by Crippen LogP contribution is -2.39. The molecule has 1 aliphatic heterocycles. The molecule has 4 rings (SSSR count). The molecule has 1 amide bonds. The summed E-state index contributed by atoms with van der Waals surface area (Å²) in [7, 11) is 0. The Morgan fingerprint density at radius 2 is 2.20 bits per heavy atom. The number of hydrogen-bond donors (Lipinski definition) is 0. The van der Waals surface area contributed by atoms with Crippen LogP contribution in [0.15, 0.2) is 29.0 Å². The molecule has 1 unspecified atom stereocenters. The van der Waals surface area contributed by atoms with Gasteiger partial charge < -0.3 is 9.42 Å². The molecule has 0 bridgehead atoms. The molecule has 0 N–H and O–H groups in total. The summed E-state index contributed by atoms with van der Waals surface area (Å²) in [6.45, 7) is 4.49. The Balaban J connectivity index is 1.61. The molecule has 0 aliphatic carbocycles. The van der Waals surface area contributed by atoms with Crippen LogP contribution in [-0.4, -0.2) is 37.1 Å². The number of hydrogen-bond acceptors (Lipinski definition) is 5. The minimum Gasteiger partial charge on any atom is -0.361 e. The highest BCUT2D eigenvalue weighted by Crippen LogP contribution is 2.31. The molecule has 25 heavy (non-hydrogen) atoms. The van der Waals surface area contributed by atoms with Gasteiger partial charge in [-0.3, -0.25) is 4.79 Å². The first-order valence-electron chi connectivity index (χ1n) is 8.65. The van der Waals surface area contributed by atoms with Crippen molar-refractivity contribution in [3.05, 3.63) is 47.2 Å². The standard InChI is InChI=1S/C18H21N5O2/c1-12-14(13(2)25-21-12)11-18(24)22-9-4-3-5-16(22)15-7-10-23-17(20-15)6-8-19-23/h6-8,10,16H,3-5,9,11H2,1-2H3. The fourth-order valence-corrected chi connectivity index (χ4v) is 3.56. The van der Waals surface area contributed by atoms with Gasteiger partial charge in [0.2, 0.25) is 5.91 Å². The molecule has 3 aromatic heterocycles. The minimum absolute atomic E-state index is 0.0154. The summed E-state index contributed by atoms with van der Waals surface area (Å²) >= 11 is 0. The van der Waals surface area contributed by atoms with E-state index < -0.39 is 0 Å². The predicted molar refractivity (Wildman–Crippen MR) is 91.0 cm³/mol. The first-order valence-corrected chi connectivity index (χ1v) is 8.65. The average molecular weight is 339 g/mol. The summed E-state index contributed by atoms with van der Waals surface area (Å²) < 4.78 is 6.93. The summed E-state index contributed by atoms with van der Waals surface area (Å²) in [5.41, 5.74) is 3.42. The number of amides is 1. The van der Waals surface area contributed by atoms with Gasteiger partial charge in [-0.2, -0.15) is 5.10 Å². The number of carbonyl (C=O) groups is 1. The molecule has 7 nitrogen and oxygen atoms in total. The normalized spacial score (nSPS) is 18.0. The molecule has 1 fully saturated rings. The fraction of sp³-hybridized carbons (Fsp3) is 0.444. The zero-order valence-electron chi connectivity index (χ0n) is 14.5. The maximum atomic E-state index is 13.0. The highest BCUT2D eigenvalue weighted by atomic mass is 16.5. The summed E-state index contributed by atoms with van der Waals surface area (Å²) in [6.07, 6.45) is 7.03. The van der Waals surface area contributed by atoms with Crippen molar-refractivity contribution in [1.29, 1.82) is 0 Å². The second kappa shape index (κ2) is 6.31. The van der Waals surface area contributed by atoms with Crippen LogP contribution in [0.25, 0.3) is 5.65 Å². The van der Waals surface area contributed by atoms with Gasteiger partial charge >= 0.3 is 0 Å². The van der Waals surface area contributed by atoms with Crippen molar-refractivity contribution in [3.8, 4) is 0 Å². The van der Waals surface area contributed by atoms with Crippen LogP contribution in [0.3, 0.4) is 0 Å². The maximum absolute atomic E-state index is 13.0. The van der Waals surface area contributed by atoms with Crippen LogP contribution in [0.1, 0.15) is 48.0 Å². The summed E-state index contributed by atoms with van der Waals surface area (Å²) in [4.78, 5) is 19.6. The monoisotopic (exact) mass is 339 g/mol. The largest absolute Gasteiger partial charge is 0.361 e. The highest BCUT2D eigenvalue weighted by Gasteiger charge is 2.30. The Morgan fingerprint density at radius 1 is 1.32 bits per heavy atom. The van der Waals surface area contributed by atoms with Crippen molar-refractivity contribution < 1.29 is 9.32 Å². The number of rotatable bonds is 3. The van der Waals surface area contributed by atoms with Gasteiger partial charge in [0.05, 0.1) is 30.0 Å². The van der Waals surface area contributed by atoms with Crippen LogP contribution >= 0.6 is 0 Å². The molecule has 130 valence electrons. The molecule has 7 heteroatoms. The number of aromatic nitrogens is 4. The van der Waals surface area contributed by atoms with Crippen molar-refractivity contribution in [3.63, 3.8) is 0 Å². The van der Waals surface area contributed by atoms with E-state index in [1.807, 2.05) is 37.1 Å². The van der Waals surface area contributed by atoms with Gasteiger partial charge in [-0.25, -0.2) is 9.50 Å². The van der Waals surface area contributed by atoms with Crippen LogP contribution in [0, 0.1) is 13.8 Å². The lowest BCUT2D eigenvalue weighted by Gasteiger charge is -2.35. The second-order valence-electron chi connectivity index (χ2n) is 6.56. The molecule has 0 radical (unpaired) electrons. The third-order valence-electron chi connectivity index (χ3n) is 4.95. The predicted octanol–water partition coefficient (Wildman–Crippen LogP) is 2.63. The Morgan fingerprint density at radius 3 is 3.00 bits per heavy atom. The molecule has 1 aliphatic rings. The second-order valence-corrected chi connectivity index (χ2v) is 6.56. The Kier molecular flexibility index (Phi) is 3.99. The van der Waals surface area contributed by atoms with E-state index in [0.29, 0.717) is 6.42 Å². The quantitative estimate of drug-likeness (QED) is 0.733. The Hall–Kier alpha value is -2.70. The lowest BCUT2D eigenvalue weighted by molar-refractivity contribution is -0.134. The van der Waals surface area contributed by atoms with E-state index >= 15 is 0 Å². The molecular formula is C18H21N5O2. The van der Waals surface area contributed by atoms with Crippen LogP contribution in [0.4, 0.5) is 0 Å². The van der Waals surface area contributed by atoms with Gasteiger partial charge in [0, 0.05) is 24.4 Å². The molecule has 0 aromatic carbocycles. The first kappa shape index (κ1) is 15.8. The third-order valence-corrected chi connectivity index (χ3v) is 4.95. The van der Waals surface area contributed by atoms with Crippen LogP contribution in [0.2, 0.25) is 0 Å². The lowest BCUT2D eigenvalue weighted by atomic mass is 9.97. The summed E-state index contributed by atoms with van der Waals surface area (Å²) in [6, 6.07) is 3.86. The summed E-state index contributed by atoms with van der Waals surface area (Å²) in [5.74, 6) is 0.826. The van der Waals surface area contributed by atoms with E-state index in [4.69, 9.17) is 9.51 Å². The van der Waals surface area contributed by atoms with Gasteiger partial charge in [-0.1, -0.05) is 5.16 Å². The molecule has 3 aromatic rings. The molecule has 4 heterocycles. The van der Waals surface area contributed by atoms with Gasteiger partial charge in [0.25, 0.3) is 0 Å². The van der Waals surface area contributed by atoms with E-state index in [1.54, 1.807) is 10.7 Å². The molecule has 1 atom stereocenters.